The molecule has 0 radical (unpaired) electrons. The van der Waals surface area contributed by atoms with Crippen molar-refractivity contribution in [3.05, 3.63) is 0 Å². The van der Waals surface area contributed by atoms with Gasteiger partial charge in [-0.15, -0.1) is 0 Å². The summed E-state index contributed by atoms with van der Waals surface area (Å²) in [5.41, 5.74) is 5.63. The Morgan fingerprint density at radius 1 is 1.26 bits per heavy atom. The van der Waals surface area contributed by atoms with Crippen LogP contribution in [0.3, 0.4) is 0 Å². The van der Waals surface area contributed by atoms with Crippen LogP contribution in [0.15, 0.2) is 5.16 Å². The van der Waals surface area contributed by atoms with Crippen molar-refractivity contribution in [2.24, 2.45) is 16.8 Å². The molecule has 1 atom stereocenters. The van der Waals surface area contributed by atoms with E-state index in [0.29, 0.717) is 0 Å². The van der Waals surface area contributed by atoms with Crippen molar-refractivity contribution < 1.29 is 13.6 Å². The smallest absolute Gasteiger partial charge is 0.277 e. The molecule has 1 unspecified atom stereocenters. The van der Waals surface area contributed by atoms with Gasteiger partial charge in [0.1, 0.15) is 0 Å². The molecule has 5 N–H and O–H groups in total. The molecule has 1 fully saturated rings. The van der Waals surface area contributed by atoms with Crippen LogP contribution < -0.4 is 15.2 Å². The van der Waals surface area contributed by atoms with E-state index in [9.17, 15) is 8.42 Å². The van der Waals surface area contributed by atoms with E-state index in [1.165, 1.54) is 0 Å². The zero-order valence-electron chi connectivity index (χ0n) is 11.5. The molecule has 0 aromatic rings. The summed E-state index contributed by atoms with van der Waals surface area (Å²) in [7, 11) is -3.66. The van der Waals surface area contributed by atoms with Crippen molar-refractivity contribution in [3.8, 4) is 0 Å². The van der Waals surface area contributed by atoms with Crippen LogP contribution in [0.4, 0.5) is 0 Å². The van der Waals surface area contributed by atoms with Gasteiger partial charge in [-0.2, -0.15) is 17.9 Å². The quantitative estimate of drug-likeness (QED) is 0.247. The number of nitrogens with zero attached hydrogens (tertiary/aromatic N) is 1. The highest BCUT2D eigenvalue weighted by Gasteiger charge is 2.30. The Hall–Kier alpha value is -0.860. The monoisotopic (exact) mass is 292 g/mol. The summed E-state index contributed by atoms with van der Waals surface area (Å²) in [6.07, 6.45) is 4.99. The van der Waals surface area contributed by atoms with Crippen LogP contribution in [0.25, 0.3) is 0 Å². The Bertz CT molecular complexity index is 402. The summed E-state index contributed by atoms with van der Waals surface area (Å²) in [6, 6.07) is -0.863. The third kappa shape index (κ3) is 5.33. The van der Waals surface area contributed by atoms with Gasteiger partial charge in [0.25, 0.3) is 10.2 Å². The molecule has 8 heteroatoms. The van der Waals surface area contributed by atoms with E-state index in [0.717, 1.165) is 32.1 Å². The van der Waals surface area contributed by atoms with Gasteiger partial charge in [-0.1, -0.05) is 24.4 Å². The first kappa shape index (κ1) is 16.2. The van der Waals surface area contributed by atoms with Gasteiger partial charge in [0.2, 0.25) is 0 Å². The number of amidine groups is 1. The van der Waals surface area contributed by atoms with E-state index in [1.54, 1.807) is 13.8 Å². The number of hydrogen-bond acceptors (Lipinski definition) is 4. The Morgan fingerprint density at radius 2 is 1.84 bits per heavy atom. The summed E-state index contributed by atoms with van der Waals surface area (Å²) in [4.78, 5) is 0. The molecular weight excluding hydrogens is 268 g/mol. The van der Waals surface area contributed by atoms with E-state index in [-0.39, 0.29) is 17.8 Å². The van der Waals surface area contributed by atoms with Crippen molar-refractivity contribution in [1.82, 2.24) is 9.44 Å². The summed E-state index contributed by atoms with van der Waals surface area (Å²) < 4.78 is 28.7. The number of nitrogens with one attached hydrogen (secondary N) is 2. The minimum absolute atomic E-state index is 0.0772. The third-order valence-electron chi connectivity index (χ3n) is 3.23. The first-order valence-corrected chi connectivity index (χ1v) is 8.11. The fraction of sp³-hybridized carbons (Fsp3) is 0.909. The van der Waals surface area contributed by atoms with Gasteiger partial charge in [0.05, 0.1) is 6.04 Å². The second-order valence-electron chi connectivity index (χ2n) is 5.29. The molecule has 7 nitrogen and oxygen atoms in total. The third-order valence-corrected chi connectivity index (χ3v) is 4.57. The average molecular weight is 292 g/mol. The minimum Gasteiger partial charge on any atom is -0.409 e. The summed E-state index contributed by atoms with van der Waals surface area (Å²) in [5, 5.41) is 11.8. The molecule has 0 bridgehead atoms. The van der Waals surface area contributed by atoms with E-state index >= 15 is 0 Å². The number of oxime groups is 1. The highest BCUT2D eigenvalue weighted by molar-refractivity contribution is 7.87. The normalized spacial score (nSPS) is 20.7. The SMILES string of the molecule is CC(C)NS(=O)(=O)NC(C(N)=NO)C1CCCCC1. The van der Waals surface area contributed by atoms with Crippen LogP contribution >= 0.6 is 0 Å². The number of nitrogens with two attached hydrogens (primary N) is 1. The molecule has 112 valence electrons. The molecule has 0 aromatic heterocycles. The maximum atomic E-state index is 11.9. The molecule has 0 spiro atoms. The zero-order chi connectivity index (χ0) is 14.5. The van der Waals surface area contributed by atoms with Crippen molar-refractivity contribution >= 4 is 16.0 Å². The molecule has 0 amide bonds. The second-order valence-corrected chi connectivity index (χ2v) is 6.77. The zero-order valence-corrected chi connectivity index (χ0v) is 12.3. The molecule has 1 aliphatic rings. The molecule has 1 saturated carbocycles. The van der Waals surface area contributed by atoms with Crippen molar-refractivity contribution in [2.45, 2.75) is 58.0 Å². The van der Waals surface area contributed by atoms with E-state index in [2.05, 4.69) is 14.6 Å². The lowest BCUT2D eigenvalue weighted by Gasteiger charge is -2.30. The summed E-state index contributed by atoms with van der Waals surface area (Å²) in [5.74, 6) is -0.00517. The molecule has 1 aliphatic carbocycles. The summed E-state index contributed by atoms with van der Waals surface area (Å²) in [6.45, 7) is 3.47. The average Bonchev–Trinajstić information content (AvgIpc) is 2.34. The van der Waals surface area contributed by atoms with Crippen molar-refractivity contribution in [3.63, 3.8) is 0 Å². The molecule has 0 aliphatic heterocycles. The second kappa shape index (κ2) is 7.06. The largest absolute Gasteiger partial charge is 0.409 e. The summed E-state index contributed by atoms with van der Waals surface area (Å²) >= 11 is 0. The lowest BCUT2D eigenvalue weighted by Crippen LogP contribution is -2.53. The predicted molar refractivity (Wildman–Crippen MR) is 74.1 cm³/mol. The van der Waals surface area contributed by atoms with Gasteiger partial charge in [0.15, 0.2) is 5.84 Å². The standard InChI is InChI=1S/C11H24N4O3S/c1-8(2)14-19(17,18)15-10(11(12)13-16)9-6-4-3-5-7-9/h8-10,14-16H,3-7H2,1-2H3,(H2,12,13). The Balaban J connectivity index is 2.80. The van der Waals surface area contributed by atoms with Crippen molar-refractivity contribution in [2.75, 3.05) is 0 Å². The first-order valence-electron chi connectivity index (χ1n) is 6.62. The van der Waals surface area contributed by atoms with Crippen LogP contribution in [-0.2, 0) is 10.2 Å². The Morgan fingerprint density at radius 3 is 2.32 bits per heavy atom. The lowest BCUT2D eigenvalue weighted by atomic mass is 9.84. The van der Waals surface area contributed by atoms with Crippen molar-refractivity contribution in [1.29, 1.82) is 0 Å². The molecular formula is C11H24N4O3S. The van der Waals surface area contributed by atoms with Gasteiger partial charge in [0, 0.05) is 6.04 Å². The van der Waals surface area contributed by atoms with Crippen LogP contribution in [0, 0.1) is 5.92 Å². The van der Waals surface area contributed by atoms with Crippen LogP contribution in [-0.4, -0.2) is 31.5 Å². The Labute approximate surface area is 114 Å². The van der Waals surface area contributed by atoms with Gasteiger partial charge in [-0.3, -0.25) is 0 Å². The van der Waals surface area contributed by atoms with Gasteiger partial charge < -0.3 is 10.9 Å². The van der Waals surface area contributed by atoms with E-state index in [4.69, 9.17) is 10.9 Å². The fourth-order valence-corrected chi connectivity index (χ4v) is 3.78. The van der Waals surface area contributed by atoms with E-state index < -0.39 is 16.3 Å². The first-order chi connectivity index (χ1) is 8.85. The minimum atomic E-state index is -3.66. The van der Waals surface area contributed by atoms with Gasteiger partial charge in [-0.05, 0) is 32.6 Å². The van der Waals surface area contributed by atoms with Gasteiger partial charge >= 0.3 is 0 Å². The van der Waals surface area contributed by atoms with E-state index in [1.807, 2.05) is 0 Å². The highest BCUT2D eigenvalue weighted by atomic mass is 32.2. The van der Waals surface area contributed by atoms with Crippen LogP contribution in [0.5, 0.6) is 0 Å². The van der Waals surface area contributed by atoms with Gasteiger partial charge in [-0.25, -0.2) is 0 Å². The molecule has 1 rings (SSSR count). The topological polar surface area (TPSA) is 117 Å². The highest BCUT2D eigenvalue weighted by Crippen LogP contribution is 2.26. The molecule has 0 aromatic carbocycles. The molecule has 0 heterocycles. The molecule has 0 saturated heterocycles. The number of hydrogen-bond donors (Lipinski definition) is 4. The predicted octanol–water partition coefficient (Wildman–Crippen LogP) is 0.514. The Kier molecular flexibility index (Phi) is 6.02. The maximum Gasteiger partial charge on any atom is 0.277 e. The lowest BCUT2D eigenvalue weighted by molar-refractivity contribution is 0.297. The number of rotatable bonds is 6. The maximum absolute atomic E-state index is 11.9. The fourth-order valence-electron chi connectivity index (χ4n) is 2.44. The van der Waals surface area contributed by atoms with Crippen LogP contribution in [0.2, 0.25) is 0 Å². The van der Waals surface area contributed by atoms with Crippen LogP contribution in [0.1, 0.15) is 46.0 Å². The molecule has 19 heavy (non-hydrogen) atoms.